The third kappa shape index (κ3) is 3.98. The first-order chi connectivity index (χ1) is 15.1. The normalized spacial score (nSPS) is 15.4. The topological polar surface area (TPSA) is 94.0 Å². The highest BCUT2D eigenvalue weighted by atomic mass is 16.4. The molecule has 7 heteroatoms. The van der Waals surface area contributed by atoms with Gasteiger partial charge in [-0.25, -0.2) is 9.48 Å². The maximum Gasteiger partial charge on any atom is 0.362 e. The Bertz CT molecular complexity index is 1360. The summed E-state index contributed by atoms with van der Waals surface area (Å²) in [6.45, 7) is 0. The van der Waals surface area contributed by atoms with E-state index in [2.05, 4.69) is 27.1 Å². The molecule has 0 spiro atoms. The van der Waals surface area contributed by atoms with Crippen molar-refractivity contribution in [3.63, 3.8) is 0 Å². The molecule has 3 heterocycles. The van der Waals surface area contributed by atoms with Crippen molar-refractivity contribution in [1.82, 2.24) is 20.0 Å². The number of rotatable bonds is 2. The second-order valence-electron chi connectivity index (χ2n) is 7.78. The lowest BCUT2D eigenvalue weighted by Crippen LogP contribution is -2.29. The molecule has 0 radical (unpaired) electrons. The van der Waals surface area contributed by atoms with Gasteiger partial charge in [0.05, 0.1) is 11.9 Å². The highest BCUT2D eigenvalue weighted by molar-refractivity contribution is 5.80. The molecule has 4 aromatic rings. The Morgan fingerprint density at radius 3 is 2.74 bits per heavy atom. The number of aliphatic hydroxyl groups is 1. The minimum absolute atomic E-state index is 0.248. The SMILES string of the molecule is O=c1oc2ccc(C#CC3(O)CCCCC3)cc2cc1-n1cc(-c2ccccn2)nn1. The molecule has 154 valence electrons. The summed E-state index contributed by atoms with van der Waals surface area (Å²) in [4.78, 5) is 16.8. The predicted molar refractivity (Wildman–Crippen MR) is 116 cm³/mol. The Balaban J connectivity index is 1.50. The summed E-state index contributed by atoms with van der Waals surface area (Å²) in [5.41, 5.74) is 1.25. The molecule has 1 aliphatic carbocycles. The van der Waals surface area contributed by atoms with Gasteiger partial charge >= 0.3 is 5.63 Å². The van der Waals surface area contributed by atoms with Gasteiger partial charge in [-0.2, -0.15) is 0 Å². The van der Waals surface area contributed by atoms with Crippen LogP contribution in [0.3, 0.4) is 0 Å². The largest absolute Gasteiger partial charge is 0.421 e. The van der Waals surface area contributed by atoms with E-state index >= 15 is 0 Å². The monoisotopic (exact) mass is 412 g/mol. The Morgan fingerprint density at radius 2 is 1.94 bits per heavy atom. The van der Waals surface area contributed by atoms with Crippen molar-refractivity contribution >= 4 is 11.0 Å². The standard InChI is InChI=1S/C24H20N4O3/c29-23-21(28-16-20(26-27-28)19-6-2-5-13-25-19)15-18-14-17(7-8-22(18)31-23)9-12-24(30)10-3-1-4-11-24/h2,5-8,13-16,30H,1,3-4,10-11H2. The molecule has 0 aliphatic heterocycles. The fraction of sp³-hybridized carbons (Fsp3) is 0.250. The van der Waals surface area contributed by atoms with Gasteiger partial charge in [-0.1, -0.05) is 29.5 Å². The maximum absolute atomic E-state index is 12.5. The minimum atomic E-state index is -0.912. The van der Waals surface area contributed by atoms with Gasteiger partial charge in [-0.3, -0.25) is 4.98 Å². The average Bonchev–Trinajstić information content (AvgIpc) is 3.28. The van der Waals surface area contributed by atoms with Crippen LogP contribution in [-0.2, 0) is 0 Å². The molecule has 31 heavy (non-hydrogen) atoms. The minimum Gasteiger partial charge on any atom is -0.421 e. The smallest absolute Gasteiger partial charge is 0.362 e. The zero-order valence-corrected chi connectivity index (χ0v) is 16.8. The summed E-state index contributed by atoms with van der Waals surface area (Å²) < 4.78 is 6.86. The molecular formula is C24H20N4O3. The van der Waals surface area contributed by atoms with E-state index in [4.69, 9.17) is 4.42 Å². The summed E-state index contributed by atoms with van der Waals surface area (Å²) in [6, 6.07) is 12.6. The Labute approximate surface area is 178 Å². The molecule has 1 fully saturated rings. The zero-order chi connectivity index (χ0) is 21.3. The van der Waals surface area contributed by atoms with Gasteiger partial charge in [-0.15, -0.1) is 5.10 Å². The van der Waals surface area contributed by atoms with Crippen LogP contribution in [0.4, 0.5) is 0 Å². The summed E-state index contributed by atoms with van der Waals surface area (Å²) in [7, 11) is 0. The molecule has 0 bridgehead atoms. The van der Waals surface area contributed by atoms with E-state index in [1.807, 2.05) is 24.3 Å². The fourth-order valence-electron chi connectivity index (χ4n) is 3.81. The summed E-state index contributed by atoms with van der Waals surface area (Å²) in [6.07, 6.45) is 7.86. The lowest BCUT2D eigenvalue weighted by Gasteiger charge is -2.26. The van der Waals surface area contributed by atoms with Crippen LogP contribution in [-0.4, -0.2) is 30.7 Å². The quantitative estimate of drug-likeness (QED) is 0.400. The molecule has 1 aromatic carbocycles. The molecule has 1 saturated carbocycles. The first-order valence-electron chi connectivity index (χ1n) is 10.3. The van der Waals surface area contributed by atoms with Crippen molar-refractivity contribution in [3.05, 3.63) is 70.8 Å². The van der Waals surface area contributed by atoms with Gasteiger partial charge in [0.2, 0.25) is 0 Å². The van der Waals surface area contributed by atoms with E-state index in [1.54, 1.807) is 30.6 Å². The van der Waals surface area contributed by atoms with Gasteiger partial charge in [0.1, 0.15) is 16.9 Å². The van der Waals surface area contributed by atoms with Crippen molar-refractivity contribution in [1.29, 1.82) is 0 Å². The molecule has 3 aromatic heterocycles. The number of hydrogen-bond acceptors (Lipinski definition) is 6. The third-order valence-electron chi connectivity index (χ3n) is 5.50. The van der Waals surface area contributed by atoms with E-state index in [0.29, 0.717) is 35.2 Å². The molecule has 0 atom stereocenters. The van der Waals surface area contributed by atoms with Crippen LogP contribution in [0.25, 0.3) is 28.0 Å². The van der Waals surface area contributed by atoms with E-state index in [-0.39, 0.29) is 5.69 Å². The van der Waals surface area contributed by atoms with Gasteiger partial charge < -0.3 is 9.52 Å². The lowest BCUT2D eigenvalue weighted by molar-refractivity contribution is 0.0610. The number of fused-ring (bicyclic) bond motifs is 1. The van der Waals surface area contributed by atoms with Crippen LogP contribution in [0.5, 0.6) is 0 Å². The molecule has 0 unspecified atom stereocenters. The van der Waals surface area contributed by atoms with Crippen LogP contribution in [0.2, 0.25) is 0 Å². The van der Waals surface area contributed by atoms with Crippen molar-refractivity contribution in [3.8, 4) is 28.9 Å². The maximum atomic E-state index is 12.5. The second kappa shape index (κ2) is 7.82. The third-order valence-corrected chi connectivity index (χ3v) is 5.50. The second-order valence-corrected chi connectivity index (χ2v) is 7.78. The Hall–Kier alpha value is -3.76. The molecule has 5 rings (SSSR count). The van der Waals surface area contributed by atoms with Gasteiger partial charge in [0, 0.05) is 17.1 Å². The van der Waals surface area contributed by atoms with Crippen LogP contribution in [0.1, 0.15) is 37.7 Å². The summed E-state index contributed by atoms with van der Waals surface area (Å²) in [5.74, 6) is 6.12. The van der Waals surface area contributed by atoms with Crippen molar-refractivity contribution < 1.29 is 9.52 Å². The molecule has 7 nitrogen and oxygen atoms in total. The molecular weight excluding hydrogens is 392 g/mol. The number of hydrogen-bond donors (Lipinski definition) is 1. The summed E-state index contributed by atoms with van der Waals surface area (Å²) >= 11 is 0. The van der Waals surface area contributed by atoms with Crippen molar-refractivity contribution in [2.45, 2.75) is 37.7 Å². The Kier molecular flexibility index (Phi) is 4.85. The van der Waals surface area contributed by atoms with Crippen molar-refractivity contribution in [2.75, 3.05) is 0 Å². The van der Waals surface area contributed by atoms with Gasteiger partial charge in [0.15, 0.2) is 5.69 Å². The summed E-state index contributed by atoms with van der Waals surface area (Å²) in [5, 5.41) is 19.5. The van der Waals surface area contributed by atoms with E-state index in [0.717, 1.165) is 24.8 Å². The highest BCUT2D eigenvalue weighted by Gasteiger charge is 2.26. The average molecular weight is 412 g/mol. The van der Waals surface area contributed by atoms with Crippen LogP contribution in [0.15, 0.2) is 64.1 Å². The zero-order valence-electron chi connectivity index (χ0n) is 16.8. The fourth-order valence-corrected chi connectivity index (χ4v) is 3.81. The number of aromatic nitrogens is 4. The van der Waals surface area contributed by atoms with Crippen molar-refractivity contribution in [2.24, 2.45) is 0 Å². The molecule has 1 aliphatic rings. The number of pyridine rings is 1. The lowest BCUT2D eigenvalue weighted by atomic mass is 9.85. The van der Waals surface area contributed by atoms with Crippen LogP contribution >= 0.6 is 0 Å². The number of nitrogens with zero attached hydrogens (tertiary/aromatic N) is 4. The Morgan fingerprint density at radius 1 is 1.06 bits per heavy atom. The first kappa shape index (κ1) is 19.2. The molecule has 1 N–H and O–H groups in total. The van der Waals surface area contributed by atoms with E-state index in [9.17, 15) is 9.90 Å². The van der Waals surface area contributed by atoms with Crippen LogP contribution < -0.4 is 5.63 Å². The van der Waals surface area contributed by atoms with Gasteiger partial charge in [0.25, 0.3) is 0 Å². The predicted octanol–water partition coefficient (Wildman–Crippen LogP) is 3.48. The number of benzene rings is 1. The van der Waals surface area contributed by atoms with E-state index in [1.165, 1.54) is 4.68 Å². The first-order valence-corrected chi connectivity index (χ1v) is 10.3. The molecule has 0 saturated heterocycles. The molecule has 0 amide bonds. The van der Waals surface area contributed by atoms with Gasteiger partial charge in [-0.05, 0) is 62.1 Å². The van der Waals surface area contributed by atoms with E-state index < -0.39 is 11.2 Å². The van der Waals surface area contributed by atoms with Crippen LogP contribution in [0, 0.1) is 11.8 Å². The highest BCUT2D eigenvalue weighted by Crippen LogP contribution is 2.27.